The van der Waals surface area contributed by atoms with Gasteiger partial charge in [-0.15, -0.1) is 0 Å². The molecule has 0 aliphatic rings. The Morgan fingerprint density at radius 1 is 1.57 bits per heavy atom. The summed E-state index contributed by atoms with van der Waals surface area (Å²) < 4.78 is 1.58. The third kappa shape index (κ3) is 3.60. The van der Waals surface area contributed by atoms with Gasteiger partial charge in [0.2, 0.25) is 5.82 Å². The van der Waals surface area contributed by atoms with Crippen LogP contribution in [0, 0.1) is 10.1 Å². The van der Waals surface area contributed by atoms with E-state index in [4.69, 9.17) is 0 Å². The molecule has 0 radical (unpaired) electrons. The van der Waals surface area contributed by atoms with Gasteiger partial charge in [0.15, 0.2) is 0 Å². The Hall–Kier alpha value is -1.89. The Morgan fingerprint density at radius 2 is 2.33 bits per heavy atom. The Balaban J connectivity index is 2.20. The Bertz CT molecular complexity index is 607. The lowest BCUT2D eigenvalue weighted by Crippen LogP contribution is -2.20. The molecule has 2 aromatic rings. The summed E-state index contributed by atoms with van der Waals surface area (Å²) in [7, 11) is 1.74. The molecule has 0 aromatic carbocycles. The molecule has 0 bridgehead atoms. The number of thiophene rings is 1. The maximum Gasteiger partial charge on any atom is 0.333 e. The van der Waals surface area contributed by atoms with Crippen molar-refractivity contribution in [1.29, 1.82) is 0 Å². The van der Waals surface area contributed by atoms with E-state index in [0.717, 1.165) is 12.8 Å². The van der Waals surface area contributed by atoms with Gasteiger partial charge in [0.25, 0.3) is 0 Å². The summed E-state index contributed by atoms with van der Waals surface area (Å²) in [5.41, 5.74) is 1.89. The predicted molar refractivity (Wildman–Crippen MR) is 85.0 cm³/mol. The molecule has 114 valence electrons. The van der Waals surface area contributed by atoms with Crippen LogP contribution in [-0.4, -0.2) is 20.7 Å². The second kappa shape index (κ2) is 6.71. The number of rotatable bonds is 7. The number of aromatic nitrogens is 2. The molecule has 2 aromatic heterocycles. The molecule has 2 rings (SSSR count). The summed E-state index contributed by atoms with van der Waals surface area (Å²) in [5.74, 6) is 0.492. The second-order valence-electron chi connectivity index (χ2n) is 5.16. The molecule has 0 amide bonds. The van der Waals surface area contributed by atoms with Gasteiger partial charge in [-0.05, 0) is 42.2 Å². The minimum Gasteiger partial charge on any atom is -0.362 e. The lowest BCUT2D eigenvalue weighted by atomic mass is 10.1. The van der Waals surface area contributed by atoms with Crippen LogP contribution < -0.4 is 5.32 Å². The first-order valence-corrected chi connectivity index (χ1v) is 7.95. The molecule has 1 N–H and O–H groups in total. The van der Waals surface area contributed by atoms with Crippen molar-refractivity contribution in [1.82, 2.24) is 9.78 Å². The normalized spacial score (nSPS) is 12.3. The fourth-order valence-corrected chi connectivity index (χ4v) is 3.06. The van der Waals surface area contributed by atoms with Crippen molar-refractivity contribution < 1.29 is 4.92 Å². The zero-order valence-corrected chi connectivity index (χ0v) is 13.3. The quantitative estimate of drug-likeness (QED) is 0.628. The van der Waals surface area contributed by atoms with Gasteiger partial charge < -0.3 is 5.32 Å². The van der Waals surface area contributed by atoms with Crippen molar-refractivity contribution in [2.75, 3.05) is 5.32 Å². The predicted octanol–water partition coefficient (Wildman–Crippen LogP) is 3.39. The second-order valence-corrected chi connectivity index (χ2v) is 5.94. The van der Waals surface area contributed by atoms with Gasteiger partial charge >= 0.3 is 5.69 Å². The van der Waals surface area contributed by atoms with E-state index in [2.05, 4.69) is 21.9 Å². The highest BCUT2D eigenvalue weighted by Gasteiger charge is 2.26. The van der Waals surface area contributed by atoms with Gasteiger partial charge in [-0.1, -0.05) is 13.3 Å². The van der Waals surface area contributed by atoms with Crippen LogP contribution >= 0.6 is 11.3 Å². The van der Waals surface area contributed by atoms with E-state index in [1.165, 1.54) is 5.56 Å². The number of hydrogen-bond donors (Lipinski definition) is 1. The van der Waals surface area contributed by atoms with Crippen LogP contribution in [0.25, 0.3) is 0 Å². The van der Waals surface area contributed by atoms with Crippen LogP contribution in [0.15, 0.2) is 16.8 Å². The minimum atomic E-state index is -0.336. The summed E-state index contributed by atoms with van der Waals surface area (Å²) >= 11 is 1.66. The largest absolute Gasteiger partial charge is 0.362 e. The fraction of sp³-hybridized carbons (Fsp3) is 0.500. The molecule has 0 saturated heterocycles. The molecule has 6 nitrogen and oxygen atoms in total. The van der Waals surface area contributed by atoms with Crippen molar-refractivity contribution in [3.8, 4) is 0 Å². The maximum absolute atomic E-state index is 11.3. The van der Waals surface area contributed by atoms with Gasteiger partial charge in [-0.3, -0.25) is 10.1 Å². The highest BCUT2D eigenvalue weighted by Crippen LogP contribution is 2.29. The Kier molecular flexibility index (Phi) is 4.95. The molecule has 0 spiro atoms. The topological polar surface area (TPSA) is 73.0 Å². The van der Waals surface area contributed by atoms with E-state index in [-0.39, 0.29) is 16.7 Å². The van der Waals surface area contributed by atoms with Crippen molar-refractivity contribution in [2.45, 2.75) is 39.2 Å². The van der Waals surface area contributed by atoms with Crippen LogP contribution in [-0.2, 0) is 19.9 Å². The molecule has 1 unspecified atom stereocenters. The average molecular weight is 308 g/mol. The van der Waals surface area contributed by atoms with E-state index < -0.39 is 0 Å². The lowest BCUT2D eigenvalue weighted by Gasteiger charge is -2.13. The summed E-state index contributed by atoms with van der Waals surface area (Å²) in [6, 6.07) is 2.17. The van der Waals surface area contributed by atoms with E-state index in [1.807, 2.05) is 19.2 Å². The number of nitro groups is 1. The van der Waals surface area contributed by atoms with Crippen molar-refractivity contribution in [3.63, 3.8) is 0 Å². The maximum atomic E-state index is 11.3. The third-order valence-corrected chi connectivity index (χ3v) is 4.00. The molecule has 0 fully saturated rings. The minimum absolute atomic E-state index is 0.100. The number of aryl methyl sites for hydroxylation is 2. The first-order valence-electron chi connectivity index (χ1n) is 7.00. The van der Waals surface area contributed by atoms with Crippen molar-refractivity contribution >= 4 is 22.8 Å². The van der Waals surface area contributed by atoms with Gasteiger partial charge in [-0.25, -0.2) is 4.68 Å². The lowest BCUT2D eigenvalue weighted by molar-refractivity contribution is -0.384. The Morgan fingerprint density at radius 3 is 2.90 bits per heavy atom. The van der Waals surface area contributed by atoms with Gasteiger partial charge in [0, 0.05) is 13.1 Å². The van der Waals surface area contributed by atoms with E-state index in [1.54, 1.807) is 23.1 Å². The number of nitrogens with one attached hydrogen (secondary N) is 1. The molecular formula is C14H20N4O2S. The molecule has 0 aliphatic carbocycles. The first-order chi connectivity index (χ1) is 10.0. The summed E-state index contributed by atoms with van der Waals surface area (Å²) in [6.07, 6.45) is 2.28. The van der Waals surface area contributed by atoms with Gasteiger partial charge in [0.05, 0.1) is 4.92 Å². The Labute approximate surface area is 127 Å². The van der Waals surface area contributed by atoms with Crippen LogP contribution in [0.5, 0.6) is 0 Å². The average Bonchev–Trinajstić information content (AvgIpc) is 2.99. The fourth-order valence-electron chi connectivity index (χ4n) is 2.37. The summed E-state index contributed by atoms with van der Waals surface area (Å²) in [4.78, 5) is 11.0. The zero-order valence-electron chi connectivity index (χ0n) is 12.5. The molecule has 0 aliphatic heterocycles. The summed E-state index contributed by atoms with van der Waals surface area (Å²) in [5, 5.41) is 23.0. The monoisotopic (exact) mass is 308 g/mol. The molecule has 0 saturated carbocycles. The highest BCUT2D eigenvalue weighted by atomic mass is 32.1. The molecule has 21 heavy (non-hydrogen) atoms. The molecule has 2 heterocycles. The summed E-state index contributed by atoms with van der Waals surface area (Å²) in [6.45, 7) is 4.01. The van der Waals surface area contributed by atoms with E-state index >= 15 is 0 Å². The standard InChI is InChI=1S/C14H20N4O2S/c1-4-5-12-13(18(19)20)14(17(3)16-12)15-10(2)8-11-6-7-21-9-11/h6-7,9-10,15H,4-5,8H2,1-3H3. The number of nitrogens with zero attached hydrogens (tertiary/aromatic N) is 3. The van der Waals surface area contributed by atoms with E-state index in [9.17, 15) is 10.1 Å². The number of anilines is 1. The van der Waals surface area contributed by atoms with Gasteiger partial charge in [0.1, 0.15) is 5.69 Å². The smallest absolute Gasteiger partial charge is 0.333 e. The molecular weight excluding hydrogens is 288 g/mol. The van der Waals surface area contributed by atoms with Crippen LogP contribution in [0.4, 0.5) is 11.5 Å². The SMILES string of the molecule is CCCc1nn(C)c(NC(C)Cc2ccsc2)c1[N+](=O)[O-]. The zero-order chi connectivity index (χ0) is 15.4. The van der Waals surface area contributed by atoms with Crippen molar-refractivity contribution in [2.24, 2.45) is 7.05 Å². The van der Waals surface area contributed by atoms with Crippen LogP contribution in [0.1, 0.15) is 31.5 Å². The first kappa shape index (κ1) is 15.5. The van der Waals surface area contributed by atoms with Crippen LogP contribution in [0.3, 0.4) is 0 Å². The van der Waals surface area contributed by atoms with Crippen LogP contribution in [0.2, 0.25) is 0 Å². The molecule has 7 heteroatoms. The van der Waals surface area contributed by atoms with Crippen molar-refractivity contribution in [3.05, 3.63) is 38.2 Å². The third-order valence-electron chi connectivity index (χ3n) is 3.27. The molecule has 1 atom stereocenters. The van der Waals surface area contributed by atoms with E-state index in [0.29, 0.717) is 17.9 Å². The van der Waals surface area contributed by atoms with Gasteiger partial charge in [-0.2, -0.15) is 16.4 Å². The number of hydrogen-bond acceptors (Lipinski definition) is 5. The highest BCUT2D eigenvalue weighted by molar-refractivity contribution is 7.07.